The molecule has 1 spiro atoms. The van der Waals surface area contributed by atoms with Crippen molar-refractivity contribution >= 4 is 5.91 Å². The second kappa shape index (κ2) is 7.62. The van der Waals surface area contributed by atoms with E-state index in [1.165, 1.54) is 12.1 Å². The molecular formula is C20H26FNO4. The van der Waals surface area contributed by atoms with Crippen molar-refractivity contribution in [1.82, 2.24) is 4.90 Å². The number of hydrogen-bond acceptors (Lipinski definition) is 4. The molecule has 6 heteroatoms. The van der Waals surface area contributed by atoms with Crippen molar-refractivity contribution in [2.45, 2.75) is 37.4 Å². The highest BCUT2D eigenvalue weighted by molar-refractivity contribution is 5.95. The Kier molecular flexibility index (Phi) is 5.25. The van der Waals surface area contributed by atoms with Crippen molar-refractivity contribution in [3.8, 4) is 0 Å². The van der Waals surface area contributed by atoms with E-state index in [9.17, 15) is 9.18 Å². The summed E-state index contributed by atoms with van der Waals surface area (Å²) < 4.78 is 31.4. The Morgan fingerprint density at radius 2 is 1.96 bits per heavy atom. The molecule has 3 aliphatic rings. The number of carbonyl (C=O) groups is 1. The molecule has 142 valence electrons. The van der Waals surface area contributed by atoms with Crippen LogP contribution in [0.25, 0.3) is 0 Å². The topological polar surface area (TPSA) is 48.0 Å². The number of benzene rings is 1. The highest BCUT2D eigenvalue weighted by Gasteiger charge is 2.50. The van der Waals surface area contributed by atoms with Crippen LogP contribution < -0.4 is 0 Å². The van der Waals surface area contributed by atoms with Crippen LogP contribution in [0.5, 0.6) is 0 Å². The summed E-state index contributed by atoms with van der Waals surface area (Å²) in [5.41, 5.74) is -0.190. The molecule has 1 amide bonds. The van der Waals surface area contributed by atoms with E-state index in [2.05, 4.69) is 0 Å². The average molecular weight is 363 g/mol. The zero-order valence-electron chi connectivity index (χ0n) is 15.0. The van der Waals surface area contributed by atoms with Gasteiger partial charge in [-0.25, -0.2) is 4.39 Å². The molecule has 5 nitrogen and oxygen atoms in total. The summed E-state index contributed by atoms with van der Waals surface area (Å²) in [7, 11) is 0. The third kappa shape index (κ3) is 3.77. The molecule has 0 aliphatic carbocycles. The zero-order valence-corrected chi connectivity index (χ0v) is 15.0. The van der Waals surface area contributed by atoms with Gasteiger partial charge in [-0.1, -0.05) is 12.1 Å². The smallest absolute Gasteiger partial charge is 0.257 e. The van der Waals surface area contributed by atoms with E-state index < -0.39 is 5.82 Å². The number of likely N-dealkylation sites (tertiary alicyclic amines) is 1. The Morgan fingerprint density at radius 3 is 2.73 bits per heavy atom. The van der Waals surface area contributed by atoms with Crippen LogP contribution in [0, 0.1) is 11.7 Å². The number of rotatable bonds is 4. The standard InChI is InChI=1S/C20H26FNO4/c21-18-4-2-1-3-17(18)19(23)22-13-20(14-22)11-16(7-10-26-20)25-12-15-5-8-24-9-6-15/h1-4,15-16H,5-14H2. The van der Waals surface area contributed by atoms with Gasteiger partial charge >= 0.3 is 0 Å². The maximum atomic E-state index is 13.8. The minimum atomic E-state index is -0.472. The van der Waals surface area contributed by atoms with Crippen LogP contribution in [-0.4, -0.2) is 62.0 Å². The van der Waals surface area contributed by atoms with Gasteiger partial charge in [-0.05, 0) is 37.3 Å². The molecule has 1 atom stereocenters. The molecule has 3 heterocycles. The van der Waals surface area contributed by atoms with Gasteiger partial charge in [0.05, 0.1) is 24.8 Å². The monoisotopic (exact) mass is 363 g/mol. The zero-order chi connectivity index (χ0) is 18.0. The predicted molar refractivity (Wildman–Crippen MR) is 93.5 cm³/mol. The lowest BCUT2D eigenvalue weighted by atomic mass is 9.84. The predicted octanol–water partition coefficient (Wildman–Crippen LogP) is 2.64. The minimum Gasteiger partial charge on any atom is -0.381 e. The van der Waals surface area contributed by atoms with Crippen LogP contribution in [-0.2, 0) is 14.2 Å². The van der Waals surface area contributed by atoms with Crippen molar-refractivity contribution in [1.29, 1.82) is 0 Å². The molecule has 0 N–H and O–H groups in total. The first-order valence-corrected chi connectivity index (χ1v) is 9.52. The van der Waals surface area contributed by atoms with E-state index in [4.69, 9.17) is 14.2 Å². The summed E-state index contributed by atoms with van der Waals surface area (Å²) in [6.45, 7) is 4.12. The Labute approximate surface area is 153 Å². The normalized spacial score (nSPS) is 25.9. The summed E-state index contributed by atoms with van der Waals surface area (Å²) in [6.07, 6.45) is 4.01. The van der Waals surface area contributed by atoms with Crippen molar-refractivity contribution in [2.24, 2.45) is 5.92 Å². The van der Waals surface area contributed by atoms with Gasteiger partial charge in [-0.2, -0.15) is 0 Å². The first-order chi connectivity index (χ1) is 12.7. The molecule has 0 aromatic heterocycles. The molecule has 0 saturated carbocycles. The van der Waals surface area contributed by atoms with Gasteiger partial charge in [0, 0.05) is 32.8 Å². The lowest BCUT2D eigenvalue weighted by Gasteiger charge is -2.53. The van der Waals surface area contributed by atoms with Crippen LogP contribution >= 0.6 is 0 Å². The Bertz CT molecular complexity index is 640. The minimum absolute atomic E-state index is 0.130. The number of halogens is 1. The summed E-state index contributed by atoms with van der Waals surface area (Å²) in [5.74, 6) is -0.147. The molecular weight excluding hydrogens is 337 g/mol. The lowest BCUT2D eigenvalue weighted by Crippen LogP contribution is -2.67. The maximum absolute atomic E-state index is 13.8. The van der Waals surface area contributed by atoms with E-state index in [1.54, 1.807) is 17.0 Å². The second-order valence-corrected chi connectivity index (χ2v) is 7.68. The first-order valence-electron chi connectivity index (χ1n) is 9.52. The van der Waals surface area contributed by atoms with E-state index in [-0.39, 0.29) is 23.2 Å². The highest BCUT2D eigenvalue weighted by atomic mass is 19.1. The van der Waals surface area contributed by atoms with Crippen molar-refractivity contribution in [3.05, 3.63) is 35.6 Å². The van der Waals surface area contributed by atoms with Gasteiger partial charge < -0.3 is 19.1 Å². The Hall–Kier alpha value is -1.50. The quantitative estimate of drug-likeness (QED) is 0.825. The summed E-state index contributed by atoms with van der Waals surface area (Å²) in [6, 6.07) is 6.13. The van der Waals surface area contributed by atoms with Crippen molar-refractivity contribution in [2.75, 3.05) is 39.5 Å². The number of amides is 1. The van der Waals surface area contributed by atoms with Crippen molar-refractivity contribution in [3.63, 3.8) is 0 Å². The fourth-order valence-corrected chi connectivity index (χ4v) is 4.13. The van der Waals surface area contributed by atoms with E-state index >= 15 is 0 Å². The average Bonchev–Trinajstić information content (AvgIpc) is 2.65. The van der Waals surface area contributed by atoms with E-state index in [0.717, 1.165) is 45.5 Å². The molecule has 4 rings (SSSR count). The van der Waals surface area contributed by atoms with E-state index in [1.807, 2.05) is 0 Å². The molecule has 0 radical (unpaired) electrons. The fourth-order valence-electron chi connectivity index (χ4n) is 4.13. The largest absolute Gasteiger partial charge is 0.381 e. The Balaban J connectivity index is 1.28. The fraction of sp³-hybridized carbons (Fsp3) is 0.650. The highest BCUT2D eigenvalue weighted by Crippen LogP contribution is 2.36. The van der Waals surface area contributed by atoms with Crippen LogP contribution in [0.2, 0.25) is 0 Å². The first kappa shape index (κ1) is 17.9. The van der Waals surface area contributed by atoms with Gasteiger partial charge in [-0.3, -0.25) is 4.79 Å². The van der Waals surface area contributed by atoms with Crippen molar-refractivity contribution < 1.29 is 23.4 Å². The SMILES string of the molecule is O=C(c1ccccc1F)N1CC2(CC(OCC3CCOCC3)CCO2)C1. The van der Waals surface area contributed by atoms with Gasteiger partial charge in [0.2, 0.25) is 0 Å². The van der Waals surface area contributed by atoms with Gasteiger partial charge in [0.25, 0.3) is 5.91 Å². The molecule has 26 heavy (non-hydrogen) atoms. The van der Waals surface area contributed by atoms with Crippen LogP contribution in [0.3, 0.4) is 0 Å². The van der Waals surface area contributed by atoms with Gasteiger partial charge in [0.1, 0.15) is 11.4 Å². The number of hydrogen-bond donors (Lipinski definition) is 0. The summed E-state index contributed by atoms with van der Waals surface area (Å²) in [5, 5.41) is 0. The molecule has 1 aromatic carbocycles. The summed E-state index contributed by atoms with van der Waals surface area (Å²) in [4.78, 5) is 14.1. The third-order valence-electron chi connectivity index (χ3n) is 5.71. The number of nitrogens with zero attached hydrogens (tertiary/aromatic N) is 1. The van der Waals surface area contributed by atoms with Crippen LogP contribution in [0.1, 0.15) is 36.0 Å². The summed E-state index contributed by atoms with van der Waals surface area (Å²) >= 11 is 0. The van der Waals surface area contributed by atoms with Gasteiger partial charge in [-0.15, -0.1) is 0 Å². The maximum Gasteiger partial charge on any atom is 0.257 e. The van der Waals surface area contributed by atoms with Crippen LogP contribution in [0.4, 0.5) is 4.39 Å². The second-order valence-electron chi connectivity index (χ2n) is 7.68. The molecule has 1 aromatic rings. The van der Waals surface area contributed by atoms with Crippen LogP contribution in [0.15, 0.2) is 24.3 Å². The molecule has 3 fully saturated rings. The lowest BCUT2D eigenvalue weighted by molar-refractivity contribution is -0.188. The molecule has 1 unspecified atom stereocenters. The number of carbonyl (C=O) groups excluding carboxylic acids is 1. The molecule has 3 saturated heterocycles. The third-order valence-corrected chi connectivity index (χ3v) is 5.71. The molecule has 0 bridgehead atoms. The number of ether oxygens (including phenoxy) is 3. The van der Waals surface area contributed by atoms with Gasteiger partial charge in [0.15, 0.2) is 0 Å². The van der Waals surface area contributed by atoms with E-state index in [0.29, 0.717) is 25.6 Å². The molecule has 3 aliphatic heterocycles. The Morgan fingerprint density at radius 1 is 1.19 bits per heavy atom.